The number of hydrogen-bond donors (Lipinski definition) is 6. The Bertz CT molecular complexity index is 1100. The summed E-state index contributed by atoms with van der Waals surface area (Å²) < 4.78 is 23.2. The average molecular weight is 639 g/mol. The summed E-state index contributed by atoms with van der Waals surface area (Å²) in [5, 5.41) is 67.4. The maximum absolute atomic E-state index is 12.7. The van der Waals surface area contributed by atoms with E-state index >= 15 is 0 Å². The molecular weight excluding hydrogens is 580 g/mol. The third-order valence-corrected chi connectivity index (χ3v) is 13.0. The summed E-state index contributed by atoms with van der Waals surface area (Å²) in [5.74, 6) is -0.833. The van der Waals surface area contributed by atoms with Crippen molar-refractivity contribution in [3.05, 3.63) is 23.8 Å². The van der Waals surface area contributed by atoms with Gasteiger partial charge in [0.15, 0.2) is 6.29 Å². The smallest absolute Gasteiger partial charge is 0.187 e. The fraction of sp³-hybridized carbons (Fsp3) is 0.886. The van der Waals surface area contributed by atoms with E-state index < -0.39 is 65.3 Å². The molecule has 5 unspecified atom stereocenters. The summed E-state index contributed by atoms with van der Waals surface area (Å²) >= 11 is 0. The minimum absolute atomic E-state index is 0.0537. The highest BCUT2D eigenvalue weighted by atomic mass is 16.7. The zero-order valence-corrected chi connectivity index (χ0v) is 28.1. The Balaban J connectivity index is 1.38. The van der Waals surface area contributed by atoms with E-state index in [4.69, 9.17) is 18.9 Å². The van der Waals surface area contributed by atoms with Gasteiger partial charge in [-0.2, -0.15) is 0 Å². The number of rotatable bonds is 9. The zero-order chi connectivity index (χ0) is 33.1. The summed E-state index contributed by atoms with van der Waals surface area (Å²) in [5.41, 5.74) is -1.57. The highest BCUT2D eigenvalue weighted by Crippen LogP contribution is 2.69. The van der Waals surface area contributed by atoms with Crippen molar-refractivity contribution in [1.29, 1.82) is 0 Å². The van der Waals surface area contributed by atoms with Gasteiger partial charge in [-0.3, -0.25) is 0 Å². The maximum atomic E-state index is 12.7. The molecule has 6 N–H and O–H groups in total. The Morgan fingerprint density at radius 1 is 0.978 bits per heavy atom. The van der Waals surface area contributed by atoms with Crippen molar-refractivity contribution in [2.24, 2.45) is 46.3 Å². The number of methoxy groups -OCH3 is 2. The molecule has 258 valence electrons. The number of allylic oxidation sites excluding steroid dienone is 2. The summed E-state index contributed by atoms with van der Waals surface area (Å²) in [7, 11) is 3.05. The molecule has 0 aromatic heterocycles. The van der Waals surface area contributed by atoms with E-state index in [0.717, 1.165) is 12.0 Å². The highest BCUT2D eigenvalue weighted by molar-refractivity contribution is 5.33. The molecule has 5 aliphatic rings. The number of aliphatic hydroxyl groups excluding tert-OH is 5. The first-order valence-electron chi connectivity index (χ1n) is 17.0. The molecule has 0 radical (unpaired) electrons. The molecule has 1 aliphatic heterocycles. The second kappa shape index (κ2) is 13.2. The number of fused-ring (bicyclic) bond motifs is 5. The quantitative estimate of drug-likeness (QED) is 0.207. The van der Waals surface area contributed by atoms with Crippen LogP contribution in [0.25, 0.3) is 0 Å². The number of aliphatic hydroxyl groups is 6. The molecule has 4 aliphatic carbocycles. The number of hydrogen-bond acceptors (Lipinski definition) is 10. The monoisotopic (exact) mass is 638 g/mol. The minimum Gasteiger partial charge on any atom is -0.396 e. The molecule has 1 saturated heterocycles. The summed E-state index contributed by atoms with van der Waals surface area (Å²) in [6.07, 6.45) is 2.81. The normalized spacial score (nSPS) is 50.3. The van der Waals surface area contributed by atoms with Gasteiger partial charge in [-0.05, 0) is 71.7 Å². The lowest BCUT2D eigenvalue weighted by Crippen LogP contribution is -2.66. The van der Waals surface area contributed by atoms with Gasteiger partial charge < -0.3 is 49.6 Å². The first-order valence-corrected chi connectivity index (χ1v) is 17.0. The van der Waals surface area contributed by atoms with Crippen molar-refractivity contribution in [2.75, 3.05) is 27.4 Å². The van der Waals surface area contributed by atoms with E-state index in [1.54, 1.807) is 0 Å². The topological polar surface area (TPSA) is 158 Å². The summed E-state index contributed by atoms with van der Waals surface area (Å²) in [6.45, 7) is 10.5. The van der Waals surface area contributed by atoms with Crippen LogP contribution in [-0.4, -0.2) is 113 Å². The van der Waals surface area contributed by atoms with E-state index in [1.165, 1.54) is 14.2 Å². The van der Waals surface area contributed by atoms with E-state index in [-0.39, 0.29) is 55.3 Å². The van der Waals surface area contributed by atoms with Crippen LogP contribution in [0.4, 0.5) is 0 Å². The molecular formula is C35H58O10. The molecule has 5 rings (SSSR count). The van der Waals surface area contributed by atoms with Gasteiger partial charge in [0.1, 0.15) is 18.3 Å². The highest BCUT2D eigenvalue weighted by Gasteiger charge is 2.72. The molecule has 0 amide bonds. The Kier molecular flexibility index (Phi) is 10.4. The molecule has 17 atom stereocenters. The van der Waals surface area contributed by atoms with Crippen LogP contribution in [0.3, 0.4) is 0 Å². The van der Waals surface area contributed by atoms with Crippen LogP contribution < -0.4 is 0 Å². The van der Waals surface area contributed by atoms with E-state index in [0.29, 0.717) is 19.3 Å². The lowest BCUT2D eigenvalue weighted by atomic mass is 9.43. The van der Waals surface area contributed by atoms with Crippen molar-refractivity contribution in [1.82, 2.24) is 0 Å². The van der Waals surface area contributed by atoms with E-state index in [9.17, 15) is 30.6 Å². The van der Waals surface area contributed by atoms with Gasteiger partial charge in [-0.25, -0.2) is 0 Å². The maximum Gasteiger partial charge on any atom is 0.187 e. The molecule has 0 aromatic rings. The molecule has 0 spiro atoms. The van der Waals surface area contributed by atoms with Crippen LogP contribution >= 0.6 is 0 Å². The fourth-order valence-corrected chi connectivity index (χ4v) is 10.4. The van der Waals surface area contributed by atoms with Crippen LogP contribution in [0.1, 0.15) is 66.7 Å². The van der Waals surface area contributed by atoms with Crippen LogP contribution in [0.15, 0.2) is 23.8 Å². The van der Waals surface area contributed by atoms with Crippen molar-refractivity contribution < 1.29 is 49.6 Å². The fourth-order valence-electron chi connectivity index (χ4n) is 10.4. The number of ether oxygens (including phenoxy) is 4. The van der Waals surface area contributed by atoms with Crippen molar-refractivity contribution in [2.45, 2.75) is 121 Å². The van der Waals surface area contributed by atoms with Gasteiger partial charge in [0.2, 0.25) is 0 Å². The average Bonchev–Trinajstić information content (AvgIpc) is 3.21. The summed E-state index contributed by atoms with van der Waals surface area (Å²) in [4.78, 5) is 0. The molecule has 3 saturated carbocycles. The van der Waals surface area contributed by atoms with Crippen molar-refractivity contribution >= 4 is 0 Å². The standard InChI is InChI=1S/C35H58O10/c1-18(20(3)16-36)8-9-19(2)26-27(39)28(40)31-34(26,5)13-11-25-33(4)12-10-21(14-22(33)23(37)15-35(25,31)41)45-32-30(43-7)29(42-6)24(38)17-44-32/h8-9,14,18-21,23-32,36-41H,10-13,15-17H2,1-7H3/t18-,19+,20?,21?,23?,24+,25+,26-,27?,28?,29-,30+,31+,32-,33-,34+,35-/m0/s1. The van der Waals surface area contributed by atoms with E-state index in [1.807, 2.05) is 13.0 Å². The molecule has 0 aromatic carbocycles. The van der Waals surface area contributed by atoms with Gasteiger partial charge in [0.05, 0.1) is 36.6 Å². The SMILES string of the molecule is CO[C@@H]1[C@@H](OC)[C@H](OC2C=C3C(O)C[C@@]4(O)[C@@H]5C(O)C(O)[C@H]([C@H](C)C=C[C@H](C)C(C)CO)[C@@]5(C)CC[C@@H]4[C@@]3(C)CC2)OC[C@H]1O. The lowest BCUT2D eigenvalue weighted by molar-refractivity contribution is -0.289. The molecule has 0 bridgehead atoms. The Morgan fingerprint density at radius 3 is 2.31 bits per heavy atom. The van der Waals surface area contributed by atoms with Crippen LogP contribution in [0.2, 0.25) is 0 Å². The molecule has 10 nitrogen and oxygen atoms in total. The van der Waals surface area contributed by atoms with Crippen LogP contribution in [-0.2, 0) is 18.9 Å². The molecule has 4 fully saturated rings. The van der Waals surface area contributed by atoms with Crippen LogP contribution in [0.5, 0.6) is 0 Å². The molecule has 45 heavy (non-hydrogen) atoms. The lowest BCUT2D eigenvalue weighted by Gasteiger charge is -2.63. The Morgan fingerprint density at radius 2 is 1.67 bits per heavy atom. The molecule has 1 heterocycles. The third-order valence-electron chi connectivity index (χ3n) is 13.0. The Labute approximate surface area is 268 Å². The van der Waals surface area contributed by atoms with Gasteiger partial charge in [0, 0.05) is 33.2 Å². The first-order chi connectivity index (χ1) is 21.2. The zero-order valence-electron chi connectivity index (χ0n) is 28.1. The van der Waals surface area contributed by atoms with Gasteiger partial charge in [-0.15, -0.1) is 0 Å². The predicted octanol–water partition coefficient (Wildman–Crippen LogP) is 2.18. The Hall–Kier alpha value is -0.920. The largest absolute Gasteiger partial charge is 0.396 e. The van der Waals surface area contributed by atoms with Gasteiger partial charge in [0.25, 0.3) is 0 Å². The van der Waals surface area contributed by atoms with Crippen LogP contribution in [0, 0.1) is 46.3 Å². The van der Waals surface area contributed by atoms with Gasteiger partial charge >= 0.3 is 0 Å². The van der Waals surface area contributed by atoms with E-state index in [2.05, 4.69) is 39.8 Å². The van der Waals surface area contributed by atoms with Gasteiger partial charge in [-0.1, -0.05) is 52.8 Å². The summed E-state index contributed by atoms with van der Waals surface area (Å²) in [6, 6.07) is 0. The molecule has 10 heteroatoms. The second-order valence-electron chi connectivity index (χ2n) is 15.5. The first kappa shape index (κ1) is 35.4. The van der Waals surface area contributed by atoms with Crippen molar-refractivity contribution in [3.63, 3.8) is 0 Å². The minimum atomic E-state index is -1.36. The predicted molar refractivity (Wildman–Crippen MR) is 167 cm³/mol. The third kappa shape index (κ3) is 5.79. The van der Waals surface area contributed by atoms with Crippen molar-refractivity contribution in [3.8, 4) is 0 Å². The second-order valence-corrected chi connectivity index (χ2v) is 15.5.